The summed E-state index contributed by atoms with van der Waals surface area (Å²) >= 11 is 0. The quantitative estimate of drug-likeness (QED) is 0.614. The Hall–Kier alpha value is -2.48. The highest BCUT2D eigenvalue weighted by Gasteiger charge is 2.22. The monoisotopic (exact) mass is 378 g/mol. The maximum Gasteiger partial charge on any atom is 0.188 e. The Morgan fingerprint density at radius 3 is 2.19 bits per heavy atom. The van der Waals surface area contributed by atoms with Gasteiger partial charge in [0.1, 0.15) is 17.6 Å². The van der Waals surface area contributed by atoms with E-state index in [9.17, 15) is 10.2 Å². The normalized spacial score (nSPS) is 13.0. The lowest BCUT2D eigenvalue weighted by Gasteiger charge is -2.21. The number of rotatable bonds is 10. The number of methoxy groups -OCH3 is 4. The van der Waals surface area contributed by atoms with Crippen LogP contribution in [0, 0.1) is 0 Å². The molecule has 0 radical (unpaired) electrons. The number of aliphatic hydroxyl groups excluding tert-OH is 2. The van der Waals surface area contributed by atoms with Crippen LogP contribution < -0.4 is 18.9 Å². The van der Waals surface area contributed by atoms with Crippen LogP contribution in [-0.4, -0.2) is 51.5 Å². The third kappa shape index (κ3) is 5.26. The smallest absolute Gasteiger partial charge is 0.188 e. The van der Waals surface area contributed by atoms with Crippen molar-refractivity contribution in [1.29, 1.82) is 0 Å². The van der Waals surface area contributed by atoms with Crippen LogP contribution in [0.1, 0.15) is 17.2 Å². The average molecular weight is 378 g/mol. The van der Waals surface area contributed by atoms with Gasteiger partial charge in [0.25, 0.3) is 0 Å². The minimum Gasteiger partial charge on any atom is -0.497 e. The molecule has 2 aromatic carbocycles. The standard InChI is InChI=1S/C20H26O7/c1-23-12-27-18-11-15(24-2)7-5-13(18)9-16(21)20(22)14-6-8-17(25-3)19(10-14)26-4/h5-8,10-11,16,20-22H,9,12H2,1-4H3/t16-,20-/m1/s1. The molecule has 0 spiro atoms. The summed E-state index contributed by atoms with van der Waals surface area (Å²) in [7, 11) is 6.13. The van der Waals surface area contributed by atoms with Gasteiger partial charge < -0.3 is 33.9 Å². The van der Waals surface area contributed by atoms with Gasteiger partial charge in [-0.1, -0.05) is 12.1 Å². The van der Waals surface area contributed by atoms with E-state index < -0.39 is 12.2 Å². The van der Waals surface area contributed by atoms with Crippen molar-refractivity contribution >= 4 is 0 Å². The molecule has 7 nitrogen and oxygen atoms in total. The second-order valence-corrected chi connectivity index (χ2v) is 5.86. The van der Waals surface area contributed by atoms with E-state index in [2.05, 4.69) is 0 Å². The molecular formula is C20H26O7. The summed E-state index contributed by atoms with van der Waals surface area (Å²) in [4.78, 5) is 0. The van der Waals surface area contributed by atoms with Crippen molar-refractivity contribution in [2.75, 3.05) is 35.2 Å². The van der Waals surface area contributed by atoms with Crippen molar-refractivity contribution in [3.8, 4) is 23.0 Å². The molecule has 0 aliphatic carbocycles. The second-order valence-electron chi connectivity index (χ2n) is 5.86. The second kappa shape index (κ2) is 10.0. The number of aliphatic hydroxyl groups is 2. The summed E-state index contributed by atoms with van der Waals surface area (Å²) in [6.07, 6.45) is -1.98. The summed E-state index contributed by atoms with van der Waals surface area (Å²) in [5, 5.41) is 21.1. The molecule has 0 amide bonds. The molecule has 0 saturated carbocycles. The zero-order valence-electron chi connectivity index (χ0n) is 16.0. The fourth-order valence-corrected chi connectivity index (χ4v) is 2.68. The molecule has 2 N–H and O–H groups in total. The van der Waals surface area contributed by atoms with Crippen LogP contribution >= 0.6 is 0 Å². The van der Waals surface area contributed by atoms with Gasteiger partial charge in [0.2, 0.25) is 0 Å². The molecule has 2 rings (SSSR count). The Labute approximate surface area is 159 Å². The summed E-state index contributed by atoms with van der Waals surface area (Å²) < 4.78 is 26.1. The van der Waals surface area contributed by atoms with Gasteiger partial charge in [0.05, 0.1) is 27.4 Å². The van der Waals surface area contributed by atoms with Gasteiger partial charge in [-0.15, -0.1) is 0 Å². The van der Waals surface area contributed by atoms with Gasteiger partial charge >= 0.3 is 0 Å². The highest BCUT2D eigenvalue weighted by Crippen LogP contribution is 2.33. The van der Waals surface area contributed by atoms with Crippen molar-refractivity contribution in [2.24, 2.45) is 0 Å². The molecule has 2 atom stereocenters. The van der Waals surface area contributed by atoms with E-state index in [4.69, 9.17) is 23.7 Å². The first-order valence-corrected chi connectivity index (χ1v) is 8.40. The summed E-state index contributed by atoms with van der Waals surface area (Å²) in [5.41, 5.74) is 1.24. The van der Waals surface area contributed by atoms with Gasteiger partial charge in [-0.25, -0.2) is 0 Å². The molecule has 0 aliphatic rings. The first-order chi connectivity index (χ1) is 13.0. The molecule has 0 heterocycles. The largest absolute Gasteiger partial charge is 0.497 e. The molecule has 0 bridgehead atoms. The Morgan fingerprint density at radius 1 is 0.815 bits per heavy atom. The highest BCUT2D eigenvalue weighted by atomic mass is 16.7. The zero-order chi connectivity index (χ0) is 19.8. The molecule has 0 fully saturated rings. The summed E-state index contributed by atoms with van der Waals surface area (Å²) in [6, 6.07) is 10.3. The maximum atomic E-state index is 10.6. The fraction of sp³-hybridized carbons (Fsp3) is 0.400. The van der Waals surface area contributed by atoms with Crippen LogP contribution in [0.25, 0.3) is 0 Å². The van der Waals surface area contributed by atoms with Gasteiger partial charge in [0.15, 0.2) is 18.3 Å². The van der Waals surface area contributed by atoms with Crippen LogP contribution in [0.4, 0.5) is 0 Å². The predicted octanol–water partition coefficient (Wildman–Crippen LogP) is 2.33. The Bertz CT molecular complexity index is 732. The highest BCUT2D eigenvalue weighted by molar-refractivity contribution is 5.44. The molecule has 2 aromatic rings. The number of hydrogen-bond acceptors (Lipinski definition) is 7. The number of hydrogen-bond donors (Lipinski definition) is 2. The molecule has 0 aromatic heterocycles. The van der Waals surface area contributed by atoms with Crippen molar-refractivity contribution in [2.45, 2.75) is 18.6 Å². The third-order valence-electron chi connectivity index (χ3n) is 4.15. The maximum absolute atomic E-state index is 10.6. The van der Waals surface area contributed by atoms with E-state index in [1.807, 2.05) is 0 Å². The van der Waals surface area contributed by atoms with E-state index >= 15 is 0 Å². The molecule has 0 saturated heterocycles. The Kier molecular flexibility index (Phi) is 7.72. The van der Waals surface area contributed by atoms with Crippen molar-refractivity contribution in [1.82, 2.24) is 0 Å². The van der Waals surface area contributed by atoms with Crippen molar-refractivity contribution < 1.29 is 33.9 Å². The minimum atomic E-state index is -1.11. The molecule has 148 valence electrons. The van der Waals surface area contributed by atoms with Gasteiger partial charge in [-0.2, -0.15) is 0 Å². The van der Waals surface area contributed by atoms with Gasteiger partial charge in [0, 0.05) is 19.6 Å². The first kappa shape index (κ1) is 20.8. The van der Waals surface area contributed by atoms with Crippen LogP contribution in [-0.2, 0) is 11.2 Å². The average Bonchev–Trinajstić information content (AvgIpc) is 2.71. The SMILES string of the molecule is COCOc1cc(OC)ccc1C[C@@H](O)[C@H](O)c1ccc(OC)c(OC)c1. The van der Waals surface area contributed by atoms with Crippen LogP contribution in [0.5, 0.6) is 23.0 Å². The molecule has 0 unspecified atom stereocenters. The van der Waals surface area contributed by atoms with E-state index in [1.54, 1.807) is 43.5 Å². The number of ether oxygens (including phenoxy) is 5. The summed E-state index contributed by atoms with van der Waals surface area (Å²) in [5.74, 6) is 2.18. The molecule has 27 heavy (non-hydrogen) atoms. The molecule has 7 heteroatoms. The van der Waals surface area contributed by atoms with Gasteiger partial charge in [-0.3, -0.25) is 0 Å². The lowest BCUT2D eigenvalue weighted by atomic mass is 9.97. The van der Waals surface area contributed by atoms with E-state index in [-0.39, 0.29) is 13.2 Å². The van der Waals surface area contributed by atoms with Crippen LogP contribution in [0.2, 0.25) is 0 Å². The van der Waals surface area contributed by atoms with Crippen LogP contribution in [0.3, 0.4) is 0 Å². The van der Waals surface area contributed by atoms with E-state index in [0.717, 1.165) is 5.56 Å². The van der Waals surface area contributed by atoms with Crippen molar-refractivity contribution in [3.63, 3.8) is 0 Å². The predicted molar refractivity (Wildman–Crippen MR) is 99.7 cm³/mol. The zero-order valence-corrected chi connectivity index (χ0v) is 16.0. The molecule has 0 aliphatic heterocycles. The van der Waals surface area contributed by atoms with Crippen molar-refractivity contribution in [3.05, 3.63) is 47.5 Å². The topological polar surface area (TPSA) is 86.6 Å². The van der Waals surface area contributed by atoms with E-state index in [0.29, 0.717) is 28.6 Å². The molecular weight excluding hydrogens is 352 g/mol. The third-order valence-corrected chi connectivity index (χ3v) is 4.15. The lowest BCUT2D eigenvalue weighted by molar-refractivity contribution is 0.0170. The summed E-state index contributed by atoms with van der Waals surface area (Å²) in [6.45, 7) is 0.0640. The Balaban J connectivity index is 2.19. The lowest BCUT2D eigenvalue weighted by Crippen LogP contribution is -2.21. The minimum absolute atomic E-state index is 0.0640. The first-order valence-electron chi connectivity index (χ1n) is 8.40. The Morgan fingerprint density at radius 2 is 1.56 bits per heavy atom. The fourth-order valence-electron chi connectivity index (χ4n) is 2.68. The van der Waals surface area contributed by atoms with Gasteiger partial charge in [-0.05, 0) is 29.3 Å². The number of benzene rings is 2. The van der Waals surface area contributed by atoms with E-state index in [1.165, 1.54) is 21.3 Å². The van der Waals surface area contributed by atoms with Crippen LogP contribution in [0.15, 0.2) is 36.4 Å².